The average molecular weight is 237 g/mol. The number of piperidine rings is 1. The summed E-state index contributed by atoms with van der Waals surface area (Å²) in [5.41, 5.74) is 1.84. The van der Waals surface area contributed by atoms with Crippen molar-refractivity contribution in [3.05, 3.63) is 17.0 Å². The van der Waals surface area contributed by atoms with E-state index in [-0.39, 0.29) is 11.8 Å². The molecular formula is C12H19N3O2. The first kappa shape index (κ1) is 12.1. The van der Waals surface area contributed by atoms with Crippen molar-refractivity contribution < 1.29 is 9.32 Å². The van der Waals surface area contributed by atoms with Crippen molar-refractivity contribution in [2.75, 3.05) is 13.1 Å². The van der Waals surface area contributed by atoms with E-state index in [9.17, 15) is 4.79 Å². The number of hydrogen-bond donors (Lipinski definition) is 2. The van der Waals surface area contributed by atoms with Gasteiger partial charge in [0.1, 0.15) is 5.76 Å². The maximum absolute atomic E-state index is 11.9. The van der Waals surface area contributed by atoms with Gasteiger partial charge in [0.15, 0.2) is 0 Å². The molecule has 94 valence electrons. The van der Waals surface area contributed by atoms with E-state index in [2.05, 4.69) is 15.8 Å². The zero-order valence-corrected chi connectivity index (χ0v) is 10.4. The molecule has 1 aliphatic rings. The largest absolute Gasteiger partial charge is 0.361 e. The lowest BCUT2D eigenvalue weighted by Crippen LogP contribution is -2.40. The van der Waals surface area contributed by atoms with Gasteiger partial charge in [-0.2, -0.15) is 0 Å². The van der Waals surface area contributed by atoms with Crippen molar-refractivity contribution in [2.45, 2.75) is 33.2 Å². The first-order chi connectivity index (χ1) is 8.18. The molecule has 5 nitrogen and oxygen atoms in total. The second-order valence-electron chi connectivity index (χ2n) is 4.56. The molecule has 0 radical (unpaired) electrons. The van der Waals surface area contributed by atoms with E-state index in [1.54, 1.807) is 0 Å². The number of rotatable bonds is 3. The molecule has 1 atom stereocenters. The van der Waals surface area contributed by atoms with Gasteiger partial charge in [0, 0.05) is 18.7 Å². The van der Waals surface area contributed by atoms with Crippen LogP contribution in [0.2, 0.25) is 0 Å². The number of hydrogen-bond acceptors (Lipinski definition) is 4. The van der Waals surface area contributed by atoms with E-state index in [0.29, 0.717) is 6.54 Å². The monoisotopic (exact) mass is 237 g/mol. The van der Waals surface area contributed by atoms with E-state index in [1.807, 2.05) is 13.8 Å². The van der Waals surface area contributed by atoms with Gasteiger partial charge in [-0.05, 0) is 33.2 Å². The van der Waals surface area contributed by atoms with Crippen LogP contribution in [0.4, 0.5) is 0 Å². The van der Waals surface area contributed by atoms with Gasteiger partial charge in [0.25, 0.3) is 0 Å². The fourth-order valence-electron chi connectivity index (χ4n) is 2.15. The molecule has 2 rings (SSSR count). The van der Waals surface area contributed by atoms with Crippen LogP contribution < -0.4 is 10.6 Å². The highest BCUT2D eigenvalue weighted by Gasteiger charge is 2.21. The molecule has 0 aromatic carbocycles. The molecule has 2 heterocycles. The van der Waals surface area contributed by atoms with E-state index < -0.39 is 0 Å². The lowest BCUT2D eigenvalue weighted by Gasteiger charge is -2.21. The van der Waals surface area contributed by atoms with E-state index in [4.69, 9.17) is 4.52 Å². The van der Waals surface area contributed by atoms with Crippen LogP contribution in [0, 0.1) is 19.8 Å². The number of carbonyl (C=O) groups is 1. The minimum atomic E-state index is 0.101. The number of nitrogens with zero attached hydrogens (tertiary/aromatic N) is 1. The summed E-state index contributed by atoms with van der Waals surface area (Å²) >= 11 is 0. The van der Waals surface area contributed by atoms with Crippen molar-refractivity contribution >= 4 is 5.91 Å². The van der Waals surface area contributed by atoms with Gasteiger partial charge in [-0.25, -0.2) is 0 Å². The van der Waals surface area contributed by atoms with Crippen molar-refractivity contribution in [3.8, 4) is 0 Å². The van der Waals surface area contributed by atoms with E-state index >= 15 is 0 Å². The molecule has 0 saturated carbocycles. The summed E-state index contributed by atoms with van der Waals surface area (Å²) in [6.45, 7) is 6.07. The summed E-state index contributed by atoms with van der Waals surface area (Å²) in [5, 5.41) is 10.1. The summed E-state index contributed by atoms with van der Waals surface area (Å²) < 4.78 is 5.06. The van der Waals surface area contributed by atoms with Gasteiger partial charge in [-0.1, -0.05) is 5.16 Å². The molecule has 1 aromatic heterocycles. The number of amides is 1. The molecule has 1 aliphatic heterocycles. The maximum atomic E-state index is 11.9. The number of nitrogens with one attached hydrogen (secondary N) is 2. The van der Waals surface area contributed by atoms with Crippen LogP contribution >= 0.6 is 0 Å². The highest BCUT2D eigenvalue weighted by atomic mass is 16.5. The minimum absolute atomic E-state index is 0.101. The molecule has 1 fully saturated rings. The second kappa shape index (κ2) is 5.31. The number of aromatic nitrogens is 1. The standard InChI is InChI=1S/C12H19N3O2/c1-8-11(9(2)17-15-8)7-14-12(16)10-4-3-5-13-6-10/h10,13H,3-7H2,1-2H3,(H,14,16). The van der Waals surface area contributed by atoms with Gasteiger partial charge < -0.3 is 15.2 Å². The van der Waals surface area contributed by atoms with Gasteiger partial charge >= 0.3 is 0 Å². The maximum Gasteiger partial charge on any atom is 0.224 e. The predicted octanol–water partition coefficient (Wildman–Crippen LogP) is 0.907. The van der Waals surface area contributed by atoms with Gasteiger partial charge in [0.05, 0.1) is 11.6 Å². The predicted molar refractivity (Wildman–Crippen MR) is 63.4 cm³/mol. The molecule has 0 aliphatic carbocycles. The SMILES string of the molecule is Cc1noc(C)c1CNC(=O)C1CCCNC1. The van der Waals surface area contributed by atoms with Crippen LogP contribution in [-0.4, -0.2) is 24.2 Å². The summed E-state index contributed by atoms with van der Waals surface area (Å²) in [5.74, 6) is 1.01. The minimum Gasteiger partial charge on any atom is -0.361 e. The average Bonchev–Trinajstić information content (AvgIpc) is 2.67. The zero-order chi connectivity index (χ0) is 12.3. The Morgan fingerprint density at radius 1 is 1.59 bits per heavy atom. The summed E-state index contributed by atoms with van der Waals surface area (Å²) in [6, 6.07) is 0. The summed E-state index contributed by atoms with van der Waals surface area (Å²) in [6.07, 6.45) is 2.05. The highest BCUT2D eigenvalue weighted by molar-refractivity contribution is 5.79. The molecular weight excluding hydrogens is 218 g/mol. The third kappa shape index (κ3) is 2.85. The van der Waals surface area contributed by atoms with Crippen LogP contribution in [-0.2, 0) is 11.3 Å². The van der Waals surface area contributed by atoms with Gasteiger partial charge in [-0.15, -0.1) is 0 Å². The van der Waals surface area contributed by atoms with Crippen LogP contribution in [0.5, 0.6) is 0 Å². The summed E-state index contributed by atoms with van der Waals surface area (Å²) in [4.78, 5) is 11.9. The lowest BCUT2D eigenvalue weighted by molar-refractivity contribution is -0.125. The fraction of sp³-hybridized carbons (Fsp3) is 0.667. The van der Waals surface area contributed by atoms with Gasteiger partial charge in [-0.3, -0.25) is 4.79 Å². The van der Waals surface area contributed by atoms with Crippen LogP contribution in [0.15, 0.2) is 4.52 Å². The molecule has 2 N–H and O–H groups in total. The quantitative estimate of drug-likeness (QED) is 0.820. The molecule has 5 heteroatoms. The Morgan fingerprint density at radius 2 is 2.41 bits per heavy atom. The first-order valence-electron chi connectivity index (χ1n) is 6.08. The second-order valence-corrected chi connectivity index (χ2v) is 4.56. The van der Waals surface area contributed by atoms with E-state index in [1.165, 1.54) is 0 Å². The van der Waals surface area contributed by atoms with Crippen molar-refractivity contribution in [1.82, 2.24) is 15.8 Å². The van der Waals surface area contributed by atoms with Crippen LogP contribution in [0.1, 0.15) is 29.9 Å². The molecule has 1 aromatic rings. The Bertz CT molecular complexity index is 375. The topological polar surface area (TPSA) is 67.2 Å². The Balaban J connectivity index is 1.87. The van der Waals surface area contributed by atoms with Crippen LogP contribution in [0.3, 0.4) is 0 Å². The molecule has 0 spiro atoms. The highest BCUT2D eigenvalue weighted by Crippen LogP contribution is 2.13. The van der Waals surface area contributed by atoms with Gasteiger partial charge in [0.2, 0.25) is 5.91 Å². The lowest BCUT2D eigenvalue weighted by atomic mass is 9.99. The molecule has 1 saturated heterocycles. The third-order valence-corrected chi connectivity index (χ3v) is 3.29. The van der Waals surface area contributed by atoms with Crippen LogP contribution in [0.25, 0.3) is 0 Å². The first-order valence-corrected chi connectivity index (χ1v) is 6.08. The molecule has 1 amide bonds. The Hall–Kier alpha value is -1.36. The Kier molecular flexibility index (Phi) is 3.78. The van der Waals surface area contributed by atoms with Crippen molar-refractivity contribution in [1.29, 1.82) is 0 Å². The number of aryl methyl sites for hydroxylation is 2. The van der Waals surface area contributed by atoms with Crippen molar-refractivity contribution in [3.63, 3.8) is 0 Å². The molecule has 17 heavy (non-hydrogen) atoms. The Labute approximate surface area is 101 Å². The Morgan fingerprint density at radius 3 is 3.00 bits per heavy atom. The number of carbonyl (C=O) groups excluding carboxylic acids is 1. The smallest absolute Gasteiger partial charge is 0.224 e. The zero-order valence-electron chi connectivity index (χ0n) is 10.4. The van der Waals surface area contributed by atoms with E-state index in [0.717, 1.165) is 42.9 Å². The normalized spacial score (nSPS) is 20.2. The molecule has 1 unspecified atom stereocenters. The summed E-state index contributed by atoms with van der Waals surface area (Å²) in [7, 11) is 0. The van der Waals surface area contributed by atoms with Crippen molar-refractivity contribution in [2.24, 2.45) is 5.92 Å². The molecule has 0 bridgehead atoms. The fourth-order valence-corrected chi connectivity index (χ4v) is 2.15. The third-order valence-electron chi connectivity index (χ3n) is 3.29.